The predicted octanol–water partition coefficient (Wildman–Crippen LogP) is 5.39. The van der Waals surface area contributed by atoms with Crippen LogP contribution in [0, 0.1) is 17.8 Å². The summed E-state index contributed by atoms with van der Waals surface area (Å²) in [5.74, 6) is 1.03. The van der Waals surface area contributed by atoms with E-state index in [9.17, 15) is 19.2 Å². The average molecular weight is 634 g/mol. The molecule has 4 amide bonds. The Morgan fingerprint density at radius 1 is 0.844 bits per heavy atom. The Hall–Kier alpha value is -2.42. The van der Waals surface area contributed by atoms with Gasteiger partial charge in [-0.25, -0.2) is 0 Å². The van der Waals surface area contributed by atoms with Crippen molar-refractivity contribution in [2.45, 2.75) is 138 Å². The van der Waals surface area contributed by atoms with E-state index in [1.807, 2.05) is 13.8 Å². The third kappa shape index (κ3) is 15.6. The third-order valence-corrected chi connectivity index (χ3v) is 8.85. The molecule has 0 aromatic rings. The molecule has 2 aliphatic heterocycles. The SMILES string of the molecule is C/C(=C\[C@H](C(C)C)N(C)C(=O)CNC=O)C(=O)N1CCCC1C(=O)NCC1CCCCC1.CC(C)C.CC(C)N1CCCCC1. The fraction of sp³-hybridized carbons (Fsp3) is 0.833. The molecule has 9 heteroatoms. The van der Waals surface area contributed by atoms with Gasteiger partial charge in [0.25, 0.3) is 0 Å². The van der Waals surface area contributed by atoms with Gasteiger partial charge in [-0.05, 0) is 90.1 Å². The molecule has 0 aromatic heterocycles. The van der Waals surface area contributed by atoms with Gasteiger partial charge in [0.05, 0.1) is 12.6 Å². The summed E-state index contributed by atoms with van der Waals surface area (Å²) in [5, 5.41) is 5.47. The largest absolute Gasteiger partial charge is 0.354 e. The lowest BCUT2D eigenvalue weighted by Crippen LogP contribution is -2.47. The van der Waals surface area contributed by atoms with Gasteiger partial charge in [0.2, 0.25) is 24.1 Å². The van der Waals surface area contributed by atoms with Crippen LogP contribution in [0.1, 0.15) is 120 Å². The molecule has 0 aromatic carbocycles. The summed E-state index contributed by atoms with van der Waals surface area (Å²) in [5.41, 5.74) is 0.527. The lowest BCUT2D eigenvalue weighted by Gasteiger charge is -2.30. The van der Waals surface area contributed by atoms with Crippen molar-refractivity contribution in [2.24, 2.45) is 17.8 Å². The number of carbonyl (C=O) groups is 4. The maximum Gasteiger partial charge on any atom is 0.249 e. The molecule has 3 fully saturated rings. The highest BCUT2D eigenvalue weighted by Crippen LogP contribution is 2.24. The van der Waals surface area contributed by atoms with Gasteiger partial charge in [-0.2, -0.15) is 0 Å². The van der Waals surface area contributed by atoms with Crippen LogP contribution in [0.4, 0.5) is 0 Å². The van der Waals surface area contributed by atoms with Crippen LogP contribution >= 0.6 is 0 Å². The van der Waals surface area contributed by atoms with E-state index in [2.05, 4.69) is 50.2 Å². The zero-order valence-corrected chi connectivity index (χ0v) is 30.2. The Bertz CT molecular complexity index is 904. The zero-order valence-electron chi connectivity index (χ0n) is 30.2. The Labute approximate surface area is 275 Å². The molecule has 2 saturated heterocycles. The first-order chi connectivity index (χ1) is 21.3. The second-order valence-corrected chi connectivity index (χ2v) is 14.4. The van der Waals surface area contributed by atoms with Gasteiger partial charge in [0.15, 0.2) is 0 Å². The van der Waals surface area contributed by atoms with E-state index in [1.54, 1.807) is 29.8 Å². The van der Waals surface area contributed by atoms with Crippen molar-refractivity contribution in [3.8, 4) is 0 Å². The number of hydrogen-bond donors (Lipinski definition) is 2. The van der Waals surface area contributed by atoms with E-state index < -0.39 is 6.04 Å². The molecule has 0 spiro atoms. The monoisotopic (exact) mass is 634 g/mol. The second-order valence-electron chi connectivity index (χ2n) is 14.4. The molecule has 2 heterocycles. The fourth-order valence-corrected chi connectivity index (χ4v) is 6.20. The lowest BCUT2D eigenvalue weighted by molar-refractivity contribution is -0.136. The molecule has 1 unspecified atom stereocenters. The molecule has 0 radical (unpaired) electrons. The summed E-state index contributed by atoms with van der Waals surface area (Å²) in [4.78, 5) is 54.7. The number of piperidine rings is 1. The van der Waals surface area contributed by atoms with E-state index in [0.717, 1.165) is 18.4 Å². The quantitative estimate of drug-likeness (QED) is 0.235. The van der Waals surface area contributed by atoms with Crippen LogP contribution in [-0.4, -0.2) is 96.7 Å². The topological polar surface area (TPSA) is 102 Å². The van der Waals surface area contributed by atoms with Crippen LogP contribution in [0.15, 0.2) is 11.6 Å². The molecule has 1 aliphatic carbocycles. The summed E-state index contributed by atoms with van der Waals surface area (Å²) in [6.45, 7) is 20.6. The van der Waals surface area contributed by atoms with Crippen LogP contribution in [0.5, 0.6) is 0 Å². The van der Waals surface area contributed by atoms with Crippen LogP contribution in [0.3, 0.4) is 0 Å². The molecule has 9 nitrogen and oxygen atoms in total. The minimum absolute atomic E-state index is 0.0538. The van der Waals surface area contributed by atoms with Gasteiger partial charge in [0.1, 0.15) is 6.04 Å². The van der Waals surface area contributed by atoms with Crippen molar-refractivity contribution >= 4 is 24.1 Å². The summed E-state index contributed by atoms with van der Waals surface area (Å²) in [7, 11) is 1.67. The van der Waals surface area contributed by atoms with Crippen molar-refractivity contribution in [1.82, 2.24) is 25.3 Å². The number of hydrogen-bond acceptors (Lipinski definition) is 5. The van der Waals surface area contributed by atoms with E-state index in [-0.39, 0.29) is 36.2 Å². The van der Waals surface area contributed by atoms with Crippen molar-refractivity contribution < 1.29 is 19.2 Å². The highest BCUT2D eigenvalue weighted by atomic mass is 16.2. The molecule has 2 N–H and O–H groups in total. The van der Waals surface area contributed by atoms with Crippen LogP contribution in [0.2, 0.25) is 0 Å². The zero-order chi connectivity index (χ0) is 33.9. The molecular formula is C36H67N5O4. The summed E-state index contributed by atoms with van der Waals surface area (Å²) in [6, 6.07) is 0.0504. The first-order valence-electron chi connectivity index (χ1n) is 17.7. The number of amides is 4. The van der Waals surface area contributed by atoms with Crippen molar-refractivity contribution in [1.29, 1.82) is 0 Å². The number of likely N-dealkylation sites (tertiary alicyclic amines) is 2. The summed E-state index contributed by atoms with van der Waals surface area (Å²) in [6.07, 6.45) is 14.2. The molecule has 260 valence electrons. The number of nitrogens with one attached hydrogen (secondary N) is 2. The number of carbonyl (C=O) groups excluding carboxylic acids is 4. The average Bonchev–Trinajstić information content (AvgIpc) is 3.51. The molecule has 1 saturated carbocycles. The number of rotatable bonds is 11. The molecule has 3 rings (SSSR count). The predicted molar refractivity (Wildman–Crippen MR) is 185 cm³/mol. The van der Waals surface area contributed by atoms with Gasteiger partial charge in [-0.1, -0.05) is 66.4 Å². The van der Waals surface area contributed by atoms with Crippen LogP contribution in [0.25, 0.3) is 0 Å². The van der Waals surface area contributed by atoms with Gasteiger partial charge in [-0.15, -0.1) is 0 Å². The van der Waals surface area contributed by atoms with Crippen molar-refractivity contribution in [2.75, 3.05) is 39.8 Å². The summed E-state index contributed by atoms with van der Waals surface area (Å²) >= 11 is 0. The summed E-state index contributed by atoms with van der Waals surface area (Å²) < 4.78 is 0. The van der Waals surface area contributed by atoms with E-state index in [0.29, 0.717) is 37.4 Å². The van der Waals surface area contributed by atoms with Crippen LogP contribution in [-0.2, 0) is 19.2 Å². The Kier molecular flexibility index (Phi) is 20.0. The minimum atomic E-state index is -0.428. The van der Waals surface area contributed by atoms with Gasteiger partial charge >= 0.3 is 0 Å². The van der Waals surface area contributed by atoms with E-state index in [1.165, 1.54) is 64.5 Å². The Balaban J connectivity index is 0.000000644. The van der Waals surface area contributed by atoms with E-state index in [4.69, 9.17) is 0 Å². The van der Waals surface area contributed by atoms with Crippen molar-refractivity contribution in [3.63, 3.8) is 0 Å². The first-order valence-corrected chi connectivity index (χ1v) is 17.7. The van der Waals surface area contributed by atoms with Gasteiger partial charge in [-0.3, -0.25) is 19.2 Å². The highest BCUT2D eigenvalue weighted by molar-refractivity contribution is 5.97. The number of likely N-dealkylation sites (N-methyl/N-ethyl adjacent to an activating group) is 1. The second kappa shape index (κ2) is 22.2. The first kappa shape index (κ1) is 40.6. The molecule has 0 bridgehead atoms. The van der Waals surface area contributed by atoms with Crippen LogP contribution < -0.4 is 10.6 Å². The molecule has 45 heavy (non-hydrogen) atoms. The molecular weight excluding hydrogens is 566 g/mol. The third-order valence-electron chi connectivity index (χ3n) is 8.85. The number of nitrogens with zero attached hydrogens (tertiary/aromatic N) is 3. The highest BCUT2D eigenvalue weighted by Gasteiger charge is 2.35. The fourth-order valence-electron chi connectivity index (χ4n) is 6.20. The standard InChI is InChI=1S/C24H40N4O4.C8H17N.C4H10/c1-17(2)21(27(4)22(30)15-25-16-29)13-18(3)24(32)28-12-8-11-20(28)23(31)26-14-19-9-6-5-7-10-19;1-8(2)9-6-4-3-5-7-9;1-4(2)3/h13,16-17,19-21H,5-12,14-15H2,1-4H3,(H,25,29)(H,26,31);8H,3-7H2,1-2H3;4H,1-3H3/b18-13+;;/t20?,21-;;/m1../s1. The Morgan fingerprint density at radius 2 is 1.42 bits per heavy atom. The normalized spacial score (nSPS) is 20.1. The Morgan fingerprint density at radius 3 is 1.93 bits per heavy atom. The van der Waals surface area contributed by atoms with E-state index >= 15 is 0 Å². The molecule has 3 aliphatic rings. The lowest BCUT2D eigenvalue weighted by atomic mass is 9.89. The minimum Gasteiger partial charge on any atom is -0.354 e. The maximum absolute atomic E-state index is 13.2. The van der Waals surface area contributed by atoms with Gasteiger partial charge < -0.3 is 25.3 Å². The molecule has 2 atom stereocenters. The van der Waals surface area contributed by atoms with Crippen molar-refractivity contribution in [3.05, 3.63) is 11.6 Å². The maximum atomic E-state index is 13.2. The smallest absolute Gasteiger partial charge is 0.249 e. The van der Waals surface area contributed by atoms with Gasteiger partial charge in [0, 0.05) is 31.8 Å².